The maximum atomic E-state index is 2.47. The Hall–Kier alpha value is -7.52. The largest absolute Gasteiger partial charge is 0.310 e. The van der Waals surface area contributed by atoms with Gasteiger partial charge < -0.3 is 4.90 Å². The van der Waals surface area contributed by atoms with Crippen LogP contribution in [-0.4, -0.2) is 0 Å². The van der Waals surface area contributed by atoms with Gasteiger partial charge in [0, 0.05) is 37.1 Å². The Kier molecular flexibility index (Phi) is 8.11. The molecule has 1 aromatic heterocycles. The van der Waals surface area contributed by atoms with Gasteiger partial charge in [-0.15, -0.1) is 11.3 Å². The molecule has 0 aliphatic rings. The Morgan fingerprint density at radius 2 is 0.850 bits per heavy atom. The number of hydrogen-bond acceptors (Lipinski definition) is 2. The third-order valence-electron chi connectivity index (χ3n) is 12.2. The van der Waals surface area contributed by atoms with Gasteiger partial charge in [-0.3, -0.25) is 0 Å². The second-order valence-electron chi connectivity index (χ2n) is 15.7. The van der Waals surface area contributed by atoms with Crippen LogP contribution in [0.25, 0.3) is 96.6 Å². The van der Waals surface area contributed by atoms with Crippen LogP contribution in [-0.2, 0) is 0 Å². The molecule has 0 fully saturated rings. The van der Waals surface area contributed by atoms with Crippen molar-refractivity contribution in [3.8, 4) is 33.4 Å². The van der Waals surface area contributed by atoms with Crippen molar-refractivity contribution >= 4 is 91.7 Å². The van der Waals surface area contributed by atoms with Crippen molar-refractivity contribution < 1.29 is 0 Å². The van der Waals surface area contributed by atoms with E-state index in [4.69, 9.17) is 0 Å². The van der Waals surface area contributed by atoms with Crippen molar-refractivity contribution in [1.29, 1.82) is 0 Å². The van der Waals surface area contributed by atoms with Gasteiger partial charge in [0.25, 0.3) is 0 Å². The first kappa shape index (κ1) is 34.5. The Labute approximate surface area is 352 Å². The third-order valence-corrected chi connectivity index (χ3v) is 13.4. The molecule has 12 aromatic rings. The number of rotatable bonds is 6. The van der Waals surface area contributed by atoms with Crippen molar-refractivity contribution in [3.63, 3.8) is 0 Å². The lowest BCUT2D eigenvalue weighted by molar-refractivity contribution is 1.29. The minimum Gasteiger partial charge on any atom is -0.310 e. The fourth-order valence-corrected chi connectivity index (χ4v) is 10.4. The number of thiophene rings is 1. The molecule has 1 heterocycles. The lowest BCUT2D eigenvalue weighted by Crippen LogP contribution is -2.11. The molecule has 1 nitrogen and oxygen atoms in total. The first-order chi connectivity index (χ1) is 29.7. The maximum absolute atomic E-state index is 2.47. The van der Waals surface area contributed by atoms with Crippen LogP contribution in [0.3, 0.4) is 0 Å². The van der Waals surface area contributed by atoms with Crippen LogP contribution in [0, 0.1) is 0 Å². The third kappa shape index (κ3) is 5.76. The highest BCUT2D eigenvalue weighted by molar-refractivity contribution is 7.25. The van der Waals surface area contributed by atoms with E-state index in [2.05, 4.69) is 229 Å². The highest BCUT2D eigenvalue weighted by atomic mass is 32.1. The zero-order chi connectivity index (χ0) is 39.6. The normalized spacial score (nSPS) is 11.7. The Balaban J connectivity index is 1.07. The average molecular weight is 780 g/mol. The number of hydrogen-bond donors (Lipinski definition) is 0. The van der Waals surface area contributed by atoms with Crippen molar-refractivity contribution in [2.45, 2.75) is 0 Å². The molecule has 0 N–H and O–H groups in total. The van der Waals surface area contributed by atoms with Gasteiger partial charge in [0.15, 0.2) is 0 Å². The minimum absolute atomic E-state index is 1.10. The number of anilines is 3. The van der Waals surface area contributed by atoms with Gasteiger partial charge in [-0.25, -0.2) is 0 Å². The highest BCUT2D eigenvalue weighted by Gasteiger charge is 2.21. The SMILES string of the molecule is c1ccc(-c2ccc(-c3cc4ccccc4c4ccccc34)cc2N(c2ccc(-c3ccc4c(ccc5ccccc54)c3)cc2)c2ccc3sc4ccccc4c3c2)cc1. The van der Waals surface area contributed by atoms with Gasteiger partial charge in [0.2, 0.25) is 0 Å². The summed E-state index contributed by atoms with van der Waals surface area (Å²) in [4.78, 5) is 2.47. The summed E-state index contributed by atoms with van der Waals surface area (Å²) in [6.45, 7) is 0. The molecule has 2 heteroatoms. The molecular formula is C58H37NS. The van der Waals surface area contributed by atoms with Gasteiger partial charge in [-0.05, 0) is 126 Å². The predicted octanol–water partition coefficient (Wildman–Crippen LogP) is 17.1. The van der Waals surface area contributed by atoms with E-state index >= 15 is 0 Å². The van der Waals surface area contributed by atoms with Crippen molar-refractivity contribution in [3.05, 3.63) is 224 Å². The Bertz CT molecular complexity index is 3600. The lowest BCUT2D eigenvalue weighted by atomic mass is 9.91. The van der Waals surface area contributed by atoms with Gasteiger partial charge in [0.1, 0.15) is 0 Å². The average Bonchev–Trinajstić information content (AvgIpc) is 3.70. The van der Waals surface area contributed by atoms with Crippen LogP contribution in [0.1, 0.15) is 0 Å². The van der Waals surface area contributed by atoms with Gasteiger partial charge in [-0.2, -0.15) is 0 Å². The summed E-state index contributed by atoms with van der Waals surface area (Å²) in [5.41, 5.74) is 10.5. The van der Waals surface area contributed by atoms with Crippen LogP contribution >= 0.6 is 11.3 Å². The van der Waals surface area contributed by atoms with E-state index in [1.54, 1.807) is 0 Å². The number of fused-ring (bicyclic) bond motifs is 9. The van der Waals surface area contributed by atoms with Gasteiger partial charge >= 0.3 is 0 Å². The number of benzene rings is 11. The van der Waals surface area contributed by atoms with Crippen LogP contribution < -0.4 is 4.90 Å². The van der Waals surface area contributed by atoms with E-state index in [-0.39, 0.29) is 0 Å². The van der Waals surface area contributed by atoms with E-state index in [1.165, 1.54) is 96.6 Å². The van der Waals surface area contributed by atoms with Crippen LogP contribution in [0.15, 0.2) is 224 Å². The molecule has 0 bridgehead atoms. The molecule has 0 saturated heterocycles. The van der Waals surface area contributed by atoms with Crippen molar-refractivity contribution in [2.24, 2.45) is 0 Å². The first-order valence-electron chi connectivity index (χ1n) is 20.6. The number of nitrogens with zero attached hydrogens (tertiary/aromatic N) is 1. The molecule has 0 aliphatic carbocycles. The van der Waals surface area contributed by atoms with Crippen molar-refractivity contribution in [2.75, 3.05) is 4.90 Å². The molecule has 11 aromatic carbocycles. The van der Waals surface area contributed by atoms with E-state index < -0.39 is 0 Å². The molecule has 280 valence electrons. The van der Waals surface area contributed by atoms with Gasteiger partial charge in [0.05, 0.1) is 5.69 Å². The fraction of sp³-hybridized carbons (Fsp3) is 0. The smallest absolute Gasteiger partial charge is 0.0546 e. The Morgan fingerprint density at radius 1 is 0.267 bits per heavy atom. The standard InChI is InChI=1S/C58H37NS/c1-2-12-39(13-3-1)50-32-27-44(54-35-42-15-5-7-17-48(42)51-18-8-9-19-52(51)54)36-56(50)59(46-30-33-58-55(37-46)53-20-10-11-21-57(53)60-58)45-28-24-38(25-29-45)41-26-31-49-43(34-41)23-22-40-14-4-6-16-47(40)49/h1-37H. The predicted molar refractivity (Wildman–Crippen MR) is 260 cm³/mol. The molecule has 0 aliphatic heterocycles. The second-order valence-corrected chi connectivity index (χ2v) is 16.8. The van der Waals surface area contributed by atoms with E-state index in [1.807, 2.05) is 11.3 Å². The van der Waals surface area contributed by atoms with E-state index in [0.29, 0.717) is 0 Å². The van der Waals surface area contributed by atoms with Crippen LogP contribution in [0.4, 0.5) is 17.1 Å². The summed E-state index contributed by atoms with van der Waals surface area (Å²) >= 11 is 1.86. The van der Waals surface area contributed by atoms with E-state index in [9.17, 15) is 0 Å². The summed E-state index contributed by atoms with van der Waals surface area (Å²) in [6.07, 6.45) is 0. The summed E-state index contributed by atoms with van der Waals surface area (Å²) in [6, 6.07) is 82.7. The maximum Gasteiger partial charge on any atom is 0.0546 e. The summed E-state index contributed by atoms with van der Waals surface area (Å²) in [5, 5.41) is 12.7. The lowest BCUT2D eigenvalue weighted by Gasteiger charge is -2.29. The molecule has 12 rings (SSSR count). The molecule has 0 atom stereocenters. The molecule has 0 unspecified atom stereocenters. The monoisotopic (exact) mass is 779 g/mol. The molecule has 0 saturated carbocycles. The summed E-state index contributed by atoms with van der Waals surface area (Å²) in [5.74, 6) is 0. The molecule has 0 amide bonds. The minimum atomic E-state index is 1.10. The van der Waals surface area contributed by atoms with Crippen LogP contribution in [0.5, 0.6) is 0 Å². The molecule has 60 heavy (non-hydrogen) atoms. The van der Waals surface area contributed by atoms with Crippen LogP contribution in [0.2, 0.25) is 0 Å². The fourth-order valence-electron chi connectivity index (χ4n) is 9.32. The molecule has 0 spiro atoms. The Morgan fingerprint density at radius 3 is 1.68 bits per heavy atom. The van der Waals surface area contributed by atoms with Gasteiger partial charge in [-0.1, -0.05) is 170 Å². The topological polar surface area (TPSA) is 3.24 Å². The highest BCUT2D eigenvalue weighted by Crippen LogP contribution is 2.47. The zero-order valence-corrected chi connectivity index (χ0v) is 33.5. The first-order valence-corrected chi connectivity index (χ1v) is 21.4. The summed E-state index contributed by atoms with van der Waals surface area (Å²) < 4.78 is 2.60. The second kappa shape index (κ2) is 14.1. The summed E-state index contributed by atoms with van der Waals surface area (Å²) in [7, 11) is 0. The van der Waals surface area contributed by atoms with Crippen molar-refractivity contribution in [1.82, 2.24) is 0 Å². The zero-order valence-electron chi connectivity index (χ0n) is 32.7. The van der Waals surface area contributed by atoms with E-state index in [0.717, 1.165) is 17.1 Å². The molecular weight excluding hydrogens is 743 g/mol. The molecule has 0 radical (unpaired) electrons. The quantitative estimate of drug-likeness (QED) is 0.152.